The lowest BCUT2D eigenvalue weighted by molar-refractivity contribution is 0.207. The molecular formula is C10H14BrNS. The Bertz CT molecular complexity index is 291. The maximum Gasteiger partial charge on any atom is 0.0701 e. The lowest BCUT2D eigenvalue weighted by atomic mass is 9.78. The van der Waals surface area contributed by atoms with Crippen molar-refractivity contribution in [3.8, 4) is 0 Å². The van der Waals surface area contributed by atoms with E-state index >= 15 is 0 Å². The van der Waals surface area contributed by atoms with Crippen LogP contribution in [0.25, 0.3) is 0 Å². The number of thiophene rings is 1. The predicted octanol–water partition coefficient (Wildman–Crippen LogP) is 3.54. The molecule has 1 aromatic heterocycles. The zero-order valence-electron chi connectivity index (χ0n) is 7.77. The summed E-state index contributed by atoms with van der Waals surface area (Å²) in [5.41, 5.74) is 1.82. The van der Waals surface area contributed by atoms with E-state index in [1.165, 1.54) is 28.6 Å². The highest BCUT2D eigenvalue weighted by atomic mass is 79.9. The summed E-state index contributed by atoms with van der Waals surface area (Å²) in [4.78, 5) is 0. The van der Waals surface area contributed by atoms with Gasteiger partial charge >= 0.3 is 0 Å². The Labute approximate surface area is 91.7 Å². The summed E-state index contributed by atoms with van der Waals surface area (Å²) in [6, 6.07) is 2.19. The van der Waals surface area contributed by atoms with E-state index in [0.717, 1.165) is 6.54 Å². The summed E-state index contributed by atoms with van der Waals surface area (Å²) in [6.07, 6.45) is 4.05. The molecule has 1 nitrogen and oxygen atoms in total. The van der Waals surface area contributed by atoms with Crippen LogP contribution in [0.3, 0.4) is 0 Å². The van der Waals surface area contributed by atoms with Crippen LogP contribution in [0.5, 0.6) is 0 Å². The van der Waals surface area contributed by atoms with Crippen molar-refractivity contribution >= 4 is 27.3 Å². The van der Waals surface area contributed by atoms with Gasteiger partial charge in [-0.1, -0.05) is 0 Å². The molecule has 2 rings (SSSR count). The quantitative estimate of drug-likeness (QED) is 0.876. The van der Waals surface area contributed by atoms with Gasteiger partial charge in [0.15, 0.2) is 0 Å². The van der Waals surface area contributed by atoms with E-state index in [1.807, 2.05) is 0 Å². The van der Waals surface area contributed by atoms with Gasteiger partial charge in [-0.2, -0.15) is 0 Å². The first-order valence-corrected chi connectivity index (χ1v) is 6.33. The van der Waals surface area contributed by atoms with Gasteiger partial charge in [-0.3, -0.25) is 0 Å². The van der Waals surface area contributed by atoms with Crippen LogP contribution >= 0.6 is 27.3 Å². The minimum Gasteiger partial charge on any atom is -0.307 e. The second kappa shape index (κ2) is 3.71. The second-order valence-electron chi connectivity index (χ2n) is 4.03. The van der Waals surface area contributed by atoms with Crippen molar-refractivity contribution in [3.63, 3.8) is 0 Å². The summed E-state index contributed by atoms with van der Waals surface area (Å²) >= 11 is 5.23. The molecule has 3 heteroatoms. The van der Waals surface area contributed by atoms with Crippen molar-refractivity contribution in [3.05, 3.63) is 20.8 Å². The first-order valence-electron chi connectivity index (χ1n) is 4.66. The van der Waals surface area contributed by atoms with E-state index in [-0.39, 0.29) is 0 Å². The Balaban J connectivity index is 1.85. The van der Waals surface area contributed by atoms with Crippen LogP contribution in [0.4, 0.5) is 0 Å². The number of rotatable bonds is 3. The normalized spacial score (nSPS) is 19.8. The lowest BCUT2D eigenvalue weighted by Gasteiger charge is -2.39. The van der Waals surface area contributed by atoms with Crippen LogP contribution in [-0.4, -0.2) is 5.54 Å². The van der Waals surface area contributed by atoms with Crippen molar-refractivity contribution in [2.24, 2.45) is 0 Å². The number of nitrogens with one attached hydrogen (secondary N) is 1. The molecule has 13 heavy (non-hydrogen) atoms. The molecule has 1 aromatic rings. The molecule has 0 spiro atoms. The van der Waals surface area contributed by atoms with Crippen molar-refractivity contribution in [2.45, 2.75) is 38.3 Å². The highest BCUT2D eigenvalue weighted by Crippen LogP contribution is 2.31. The molecule has 0 atom stereocenters. The molecule has 72 valence electrons. The number of hydrogen-bond donors (Lipinski definition) is 1. The Morgan fingerprint density at radius 1 is 1.62 bits per heavy atom. The largest absolute Gasteiger partial charge is 0.307 e. The van der Waals surface area contributed by atoms with E-state index in [1.54, 1.807) is 11.3 Å². The van der Waals surface area contributed by atoms with Gasteiger partial charge in [-0.05, 0) is 59.1 Å². The fraction of sp³-hybridized carbons (Fsp3) is 0.600. The fourth-order valence-corrected chi connectivity index (χ4v) is 2.85. The molecule has 1 saturated carbocycles. The molecule has 0 aliphatic heterocycles. The third-order valence-corrected chi connectivity index (χ3v) is 4.35. The Kier molecular flexibility index (Phi) is 2.77. The van der Waals surface area contributed by atoms with Gasteiger partial charge < -0.3 is 5.32 Å². The van der Waals surface area contributed by atoms with E-state index < -0.39 is 0 Å². The van der Waals surface area contributed by atoms with Gasteiger partial charge in [0.2, 0.25) is 0 Å². The molecule has 1 N–H and O–H groups in total. The van der Waals surface area contributed by atoms with Crippen LogP contribution in [-0.2, 0) is 6.54 Å². The Hall–Kier alpha value is 0.140. The number of hydrogen-bond acceptors (Lipinski definition) is 2. The van der Waals surface area contributed by atoms with Crippen LogP contribution in [0.2, 0.25) is 0 Å². The molecule has 1 fully saturated rings. The van der Waals surface area contributed by atoms with Crippen molar-refractivity contribution in [2.75, 3.05) is 0 Å². The van der Waals surface area contributed by atoms with Gasteiger partial charge in [0.25, 0.3) is 0 Å². The summed E-state index contributed by atoms with van der Waals surface area (Å²) < 4.78 is 1.23. The minimum absolute atomic E-state index is 0.425. The van der Waals surface area contributed by atoms with Gasteiger partial charge in [-0.25, -0.2) is 0 Å². The van der Waals surface area contributed by atoms with Gasteiger partial charge in [-0.15, -0.1) is 11.3 Å². The summed E-state index contributed by atoms with van der Waals surface area (Å²) in [6.45, 7) is 3.33. The highest BCUT2D eigenvalue weighted by Gasteiger charge is 2.30. The first-order chi connectivity index (χ1) is 6.18. The molecule has 1 aliphatic rings. The minimum atomic E-state index is 0.425. The average molecular weight is 260 g/mol. The standard InChI is InChI=1S/C10H14BrNS/c1-10(3-2-4-10)12-6-8-5-9(11)13-7-8/h5,7,12H,2-4,6H2,1H3. The SMILES string of the molecule is CC1(NCc2csc(Br)c2)CCC1. The zero-order valence-corrected chi connectivity index (χ0v) is 10.2. The molecule has 1 aliphatic carbocycles. The zero-order chi connectivity index (χ0) is 9.31. The fourth-order valence-electron chi connectivity index (χ4n) is 1.64. The highest BCUT2D eigenvalue weighted by molar-refractivity contribution is 9.11. The maximum absolute atomic E-state index is 3.61. The molecule has 0 amide bonds. The molecule has 0 saturated heterocycles. The van der Waals surface area contributed by atoms with Crippen molar-refractivity contribution in [1.82, 2.24) is 5.32 Å². The van der Waals surface area contributed by atoms with E-state index in [4.69, 9.17) is 0 Å². The lowest BCUT2D eigenvalue weighted by Crippen LogP contribution is -2.47. The third-order valence-electron chi connectivity index (χ3n) is 2.80. The smallest absolute Gasteiger partial charge is 0.0701 e. The summed E-state index contributed by atoms with van der Waals surface area (Å²) in [7, 11) is 0. The molecule has 1 heterocycles. The monoisotopic (exact) mass is 259 g/mol. The topological polar surface area (TPSA) is 12.0 Å². The third kappa shape index (κ3) is 2.33. The summed E-state index contributed by atoms with van der Waals surface area (Å²) in [5, 5.41) is 5.82. The van der Waals surface area contributed by atoms with E-state index in [0.29, 0.717) is 5.54 Å². The van der Waals surface area contributed by atoms with Crippen LogP contribution in [0.1, 0.15) is 31.7 Å². The van der Waals surface area contributed by atoms with Gasteiger partial charge in [0.05, 0.1) is 3.79 Å². The Morgan fingerprint density at radius 3 is 2.85 bits per heavy atom. The molecular weight excluding hydrogens is 246 g/mol. The molecule has 0 unspecified atom stereocenters. The predicted molar refractivity (Wildman–Crippen MR) is 61.1 cm³/mol. The van der Waals surface area contributed by atoms with Crippen LogP contribution < -0.4 is 5.32 Å². The van der Waals surface area contributed by atoms with E-state index in [9.17, 15) is 0 Å². The molecule has 0 bridgehead atoms. The number of halogens is 1. The van der Waals surface area contributed by atoms with Gasteiger partial charge in [0, 0.05) is 12.1 Å². The second-order valence-corrected chi connectivity index (χ2v) is 6.32. The Morgan fingerprint density at radius 2 is 2.38 bits per heavy atom. The van der Waals surface area contributed by atoms with Crippen molar-refractivity contribution < 1.29 is 0 Å². The van der Waals surface area contributed by atoms with Crippen molar-refractivity contribution in [1.29, 1.82) is 0 Å². The average Bonchev–Trinajstić information content (AvgIpc) is 2.44. The van der Waals surface area contributed by atoms with Gasteiger partial charge in [0.1, 0.15) is 0 Å². The summed E-state index contributed by atoms with van der Waals surface area (Å²) in [5.74, 6) is 0. The molecule has 0 aromatic carbocycles. The first kappa shape index (κ1) is 9.69. The van der Waals surface area contributed by atoms with Crippen LogP contribution in [0, 0.1) is 0 Å². The maximum atomic E-state index is 3.61. The van der Waals surface area contributed by atoms with Crippen LogP contribution in [0.15, 0.2) is 15.2 Å². The van der Waals surface area contributed by atoms with E-state index in [2.05, 4.69) is 39.6 Å². The molecule has 0 radical (unpaired) electrons.